The van der Waals surface area contributed by atoms with E-state index < -0.39 is 5.54 Å². The third-order valence-electron chi connectivity index (χ3n) is 3.94. The second-order valence-electron chi connectivity index (χ2n) is 4.87. The van der Waals surface area contributed by atoms with Crippen molar-refractivity contribution < 1.29 is 9.18 Å². The number of halogens is 1. The first-order valence-corrected chi connectivity index (χ1v) is 6.01. The van der Waals surface area contributed by atoms with Crippen LogP contribution in [-0.4, -0.2) is 10.6 Å². The Bertz CT molecular complexity index is 664. The molecule has 2 aromatic rings. The van der Waals surface area contributed by atoms with Crippen LogP contribution in [0.3, 0.4) is 0 Å². The van der Waals surface area contributed by atoms with Crippen molar-refractivity contribution in [2.24, 2.45) is 12.0 Å². The van der Waals surface area contributed by atoms with Crippen molar-refractivity contribution in [2.45, 2.75) is 24.8 Å². The number of nitrogens with zero attached hydrogens (tertiary/aromatic N) is 2. The number of carbonyl (C=O) groups excluding carboxylic acids is 1. The van der Waals surface area contributed by atoms with E-state index in [2.05, 4.69) is 4.99 Å². The summed E-state index contributed by atoms with van der Waals surface area (Å²) < 4.78 is 16.4. The van der Waals surface area contributed by atoms with Gasteiger partial charge in [-0.2, -0.15) is 4.99 Å². The number of isocyanates is 1. The molecule has 4 heteroatoms. The van der Waals surface area contributed by atoms with Crippen molar-refractivity contribution in [3.8, 4) is 0 Å². The Morgan fingerprint density at radius 3 is 2.78 bits per heavy atom. The third-order valence-corrected chi connectivity index (χ3v) is 3.94. The molecule has 0 aliphatic heterocycles. The fourth-order valence-corrected chi connectivity index (χ4v) is 2.72. The van der Waals surface area contributed by atoms with Gasteiger partial charge in [0.15, 0.2) is 0 Å². The molecule has 1 aromatic heterocycles. The van der Waals surface area contributed by atoms with Crippen LogP contribution in [0.1, 0.15) is 24.8 Å². The van der Waals surface area contributed by atoms with Gasteiger partial charge in [-0.3, -0.25) is 0 Å². The Hall–Kier alpha value is -1.93. The molecular formula is C14H13FN2O. The molecule has 1 fully saturated rings. The lowest BCUT2D eigenvalue weighted by molar-refractivity contribution is 0.248. The maximum absolute atomic E-state index is 14.5. The maximum Gasteiger partial charge on any atom is 0.235 e. The lowest BCUT2D eigenvalue weighted by Gasteiger charge is -2.37. The van der Waals surface area contributed by atoms with Crippen LogP contribution >= 0.6 is 0 Å². The predicted molar refractivity (Wildman–Crippen MR) is 66.5 cm³/mol. The maximum atomic E-state index is 14.5. The van der Waals surface area contributed by atoms with Gasteiger partial charge in [-0.05, 0) is 31.4 Å². The molecule has 0 radical (unpaired) electrons. The number of rotatable bonds is 2. The van der Waals surface area contributed by atoms with Crippen LogP contribution in [0.25, 0.3) is 10.9 Å². The number of aryl methyl sites for hydroxylation is 1. The van der Waals surface area contributed by atoms with Crippen LogP contribution < -0.4 is 0 Å². The average Bonchev–Trinajstić information content (AvgIpc) is 2.68. The van der Waals surface area contributed by atoms with E-state index in [4.69, 9.17) is 0 Å². The third kappa shape index (κ3) is 1.36. The van der Waals surface area contributed by atoms with Crippen LogP contribution in [0.4, 0.5) is 4.39 Å². The highest BCUT2D eigenvalue weighted by Gasteiger charge is 2.41. The van der Waals surface area contributed by atoms with E-state index in [0.29, 0.717) is 10.9 Å². The van der Waals surface area contributed by atoms with Gasteiger partial charge in [0.25, 0.3) is 0 Å². The van der Waals surface area contributed by atoms with Crippen LogP contribution in [-0.2, 0) is 17.4 Å². The minimum absolute atomic E-state index is 0.258. The summed E-state index contributed by atoms with van der Waals surface area (Å²) >= 11 is 0. The summed E-state index contributed by atoms with van der Waals surface area (Å²) in [6, 6.07) is 5.39. The van der Waals surface area contributed by atoms with E-state index in [0.717, 1.165) is 24.8 Å². The molecule has 1 heterocycles. The van der Waals surface area contributed by atoms with E-state index in [-0.39, 0.29) is 5.82 Å². The lowest BCUT2D eigenvalue weighted by Crippen LogP contribution is -2.33. The Morgan fingerprint density at radius 1 is 1.39 bits per heavy atom. The first-order valence-electron chi connectivity index (χ1n) is 6.01. The van der Waals surface area contributed by atoms with E-state index in [1.807, 2.05) is 23.9 Å². The predicted octanol–water partition coefficient (Wildman–Crippen LogP) is 3.03. The number of aromatic nitrogens is 1. The Morgan fingerprint density at radius 2 is 2.17 bits per heavy atom. The summed E-state index contributed by atoms with van der Waals surface area (Å²) in [5, 5.41) is 0.586. The van der Waals surface area contributed by atoms with Gasteiger partial charge in [0.05, 0.1) is 5.52 Å². The van der Waals surface area contributed by atoms with Gasteiger partial charge in [0, 0.05) is 24.2 Å². The molecule has 18 heavy (non-hydrogen) atoms. The fraction of sp³-hybridized carbons (Fsp3) is 0.357. The summed E-state index contributed by atoms with van der Waals surface area (Å²) in [7, 11) is 1.88. The van der Waals surface area contributed by atoms with Crippen molar-refractivity contribution >= 4 is 17.0 Å². The molecule has 0 saturated heterocycles. The van der Waals surface area contributed by atoms with Crippen molar-refractivity contribution in [3.05, 3.63) is 35.8 Å². The molecule has 0 atom stereocenters. The monoisotopic (exact) mass is 244 g/mol. The quantitative estimate of drug-likeness (QED) is 0.590. The zero-order valence-electron chi connectivity index (χ0n) is 10.1. The minimum atomic E-state index is -0.671. The van der Waals surface area contributed by atoms with E-state index in [1.165, 1.54) is 0 Å². The second kappa shape index (κ2) is 3.79. The number of aliphatic imine (C=N–C) groups is 1. The number of fused-ring (bicyclic) bond motifs is 1. The summed E-state index contributed by atoms with van der Waals surface area (Å²) in [6.45, 7) is 0. The van der Waals surface area contributed by atoms with Gasteiger partial charge in [0.2, 0.25) is 6.08 Å². The molecule has 92 valence electrons. The van der Waals surface area contributed by atoms with Crippen molar-refractivity contribution in [1.82, 2.24) is 4.57 Å². The summed E-state index contributed by atoms with van der Waals surface area (Å²) in [4.78, 5) is 14.4. The molecule has 0 spiro atoms. The standard InChI is InChI=1S/C14H13FN2O/c1-17-8-5-10-12(17)4-3-11(13(10)15)14(16-9-18)6-2-7-14/h3-5,8H,2,6-7H2,1H3. The molecule has 3 nitrogen and oxygen atoms in total. The highest BCUT2D eigenvalue weighted by molar-refractivity contribution is 5.82. The van der Waals surface area contributed by atoms with E-state index in [1.54, 1.807) is 18.2 Å². The average molecular weight is 244 g/mol. The molecule has 1 aliphatic rings. The highest BCUT2D eigenvalue weighted by atomic mass is 19.1. The largest absolute Gasteiger partial charge is 0.350 e. The molecule has 1 aromatic carbocycles. The fourth-order valence-electron chi connectivity index (χ4n) is 2.72. The molecule has 0 amide bonds. The Kier molecular flexibility index (Phi) is 2.35. The zero-order chi connectivity index (χ0) is 12.8. The smallest absolute Gasteiger partial charge is 0.235 e. The SMILES string of the molecule is Cn1ccc2c(F)c(C3(N=C=O)CCC3)ccc21. The summed E-state index contributed by atoms with van der Waals surface area (Å²) in [6.07, 6.45) is 5.83. The van der Waals surface area contributed by atoms with Crippen LogP contribution in [0.5, 0.6) is 0 Å². The molecule has 0 N–H and O–H groups in total. The minimum Gasteiger partial charge on any atom is -0.350 e. The number of hydrogen-bond donors (Lipinski definition) is 0. The number of benzene rings is 1. The van der Waals surface area contributed by atoms with Crippen molar-refractivity contribution in [1.29, 1.82) is 0 Å². The Balaban J connectivity index is 2.24. The van der Waals surface area contributed by atoms with Crippen LogP contribution in [0, 0.1) is 5.82 Å². The molecule has 3 rings (SSSR count). The van der Waals surface area contributed by atoms with Gasteiger partial charge in [0.1, 0.15) is 11.4 Å². The molecule has 0 bridgehead atoms. The number of hydrogen-bond acceptors (Lipinski definition) is 2. The zero-order valence-corrected chi connectivity index (χ0v) is 10.1. The highest BCUT2D eigenvalue weighted by Crippen LogP contribution is 2.46. The Labute approximate surface area is 104 Å². The topological polar surface area (TPSA) is 34.4 Å². The van der Waals surface area contributed by atoms with E-state index in [9.17, 15) is 9.18 Å². The van der Waals surface area contributed by atoms with Gasteiger partial charge in [-0.1, -0.05) is 6.07 Å². The molecule has 1 aliphatic carbocycles. The van der Waals surface area contributed by atoms with Crippen LogP contribution in [0.15, 0.2) is 29.4 Å². The van der Waals surface area contributed by atoms with Gasteiger partial charge >= 0.3 is 0 Å². The second-order valence-corrected chi connectivity index (χ2v) is 4.87. The first-order chi connectivity index (χ1) is 8.68. The van der Waals surface area contributed by atoms with E-state index >= 15 is 0 Å². The molecule has 0 unspecified atom stereocenters. The van der Waals surface area contributed by atoms with Gasteiger partial charge in [-0.25, -0.2) is 9.18 Å². The molecular weight excluding hydrogens is 231 g/mol. The van der Waals surface area contributed by atoms with Crippen LogP contribution in [0.2, 0.25) is 0 Å². The summed E-state index contributed by atoms with van der Waals surface area (Å²) in [5.41, 5.74) is 0.701. The van der Waals surface area contributed by atoms with Crippen molar-refractivity contribution in [2.75, 3.05) is 0 Å². The summed E-state index contributed by atoms with van der Waals surface area (Å²) in [5.74, 6) is -0.258. The lowest BCUT2D eigenvalue weighted by atomic mass is 9.72. The van der Waals surface area contributed by atoms with Gasteiger partial charge < -0.3 is 4.57 Å². The normalized spacial score (nSPS) is 17.2. The van der Waals surface area contributed by atoms with Crippen molar-refractivity contribution in [3.63, 3.8) is 0 Å². The molecule has 1 saturated carbocycles. The van der Waals surface area contributed by atoms with Gasteiger partial charge in [-0.15, -0.1) is 0 Å². The first kappa shape index (κ1) is 11.2.